The molecule has 0 atom stereocenters. The molecule has 0 aliphatic rings. The van der Waals surface area contributed by atoms with Gasteiger partial charge in [0.1, 0.15) is 0 Å². The average Bonchev–Trinajstić information content (AvgIpc) is 2.37. The maximum Gasteiger partial charge on any atom is 0.337 e. The van der Waals surface area contributed by atoms with Gasteiger partial charge in [-0.3, -0.25) is 4.79 Å². The first-order valence-corrected chi connectivity index (χ1v) is 6.22. The van der Waals surface area contributed by atoms with Gasteiger partial charge in [0.25, 0.3) is 0 Å². The maximum absolute atomic E-state index is 11.7. The molecule has 0 saturated carbocycles. The molecule has 0 saturated heterocycles. The summed E-state index contributed by atoms with van der Waals surface area (Å²) in [6.07, 6.45) is 0. The van der Waals surface area contributed by atoms with Crippen LogP contribution in [-0.4, -0.2) is 32.1 Å². The standard InChI is InChI=1S/C14H20N2O3/c1-10(2)8-15-9-13(17)16-12-6-4-5-11(7-12)14(18)19-3/h4-7,10,15H,8-9H2,1-3H3,(H,16,17). The summed E-state index contributed by atoms with van der Waals surface area (Å²) in [7, 11) is 1.32. The smallest absolute Gasteiger partial charge is 0.337 e. The monoisotopic (exact) mass is 264 g/mol. The van der Waals surface area contributed by atoms with Crippen LogP contribution in [0.15, 0.2) is 24.3 Å². The quantitative estimate of drug-likeness (QED) is 0.767. The topological polar surface area (TPSA) is 67.4 Å². The number of amides is 1. The lowest BCUT2D eigenvalue weighted by Crippen LogP contribution is -2.30. The summed E-state index contributed by atoms with van der Waals surface area (Å²) in [4.78, 5) is 23.0. The van der Waals surface area contributed by atoms with E-state index in [0.717, 1.165) is 6.54 Å². The van der Waals surface area contributed by atoms with E-state index in [1.54, 1.807) is 24.3 Å². The first kappa shape index (κ1) is 15.2. The predicted molar refractivity (Wildman–Crippen MR) is 74.1 cm³/mol. The van der Waals surface area contributed by atoms with Gasteiger partial charge in [-0.1, -0.05) is 19.9 Å². The molecule has 104 valence electrons. The van der Waals surface area contributed by atoms with Crippen LogP contribution >= 0.6 is 0 Å². The van der Waals surface area contributed by atoms with Gasteiger partial charge in [-0.15, -0.1) is 0 Å². The van der Waals surface area contributed by atoms with Crippen LogP contribution in [0.1, 0.15) is 24.2 Å². The van der Waals surface area contributed by atoms with E-state index in [-0.39, 0.29) is 12.5 Å². The molecule has 0 fully saturated rings. The number of carbonyl (C=O) groups is 2. The van der Waals surface area contributed by atoms with E-state index in [4.69, 9.17) is 0 Å². The highest BCUT2D eigenvalue weighted by atomic mass is 16.5. The van der Waals surface area contributed by atoms with Gasteiger partial charge in [0.05, 0.1) is 19.2 Å². The number of hydrogen-bond donors (Lipinski definition) is 2. The molecule has 1 aromatic rings. The van der Waals surface area contributed by atoms with Crippen molar-refractivity contribution in [3.05, 3.63) is 29.8 Å². The largest absolute Gasteiger partial charge is 0.465 e. The Bertz CT molecular complexity index is 444. The summed E-state index contributed by atoms with van der Waals surface area (Å²) >= 11 is 0. The molecule has 0 aliphatic heterocycles. The minimum absolute atomic E-state index is 0.136. The van der Waals surface area contributed by atoms with Crippen molar-refractivity contribution in [1.82, 2.24) is 5.32 Å². The zero-order valence-electron chi connectivity index (χ0n) is 11.5. The van der Waals surface area contributed by atoms with Crippen molar-refractivity contribution in [1.29, 1.82) is 0 Å². The molecular weight excluding hydrogens is 244 g/mol. The molecule has 5 heteroatoms. The zero-order chi connectivity index (χ0) is 14.3. The molecule has 0 spiro atoms. The summed E-state index contributed by atoms with van der Waals surface area (Å²) in [6, 6.07) is 6.65. The fourth-order valence-corrected chi connectivity index (χ4v) is 1.52. The van der Waals surface area contributed by atoms with E-state index in [0.29, 0.717) is 17.2 Å². The lowest BCUT2D eigenvalue weighted by atomic mass is 10.2. The first-order valence-electron chi connectivity index (χ1n) is 6.22. The lowest BCUT2D eigenvalue weighted by Gasteiger charge is -2.09. The van der Waals surface area contributed by atoms with Gasteiger partial charge in [0.15, 0.2) is 0 Å². The molecule has 5 nitrogen and oxygen atoms in total. The van der Waals surface area contributed by atoms with Gasteiger partial charge in [0.2, 0.25) is 5.91 Å². The number of anilines is 1. The normalized spacial score (nSPS) is 10.3. The third-order valence-corrected chi connectivity index (χ3v) is 2.41. The third-order valence-electron chi connectivity index (χ3n) is 2.41. The Hall–Kier alpha value is -1.88. The van der Waals surface area contributed by atoms with Gasteiger partial charge in [-0.25, -0.2) is 4.79 Å². The molecule has 0 aliphatic carbocycles. The minimum atomic E-state index is -0.422. The maximum atomic E-state index is 11.7. The van der Waals surface area contributed by atoms with Crippen LogP contribution in [0.5, 0.6) is 0 Å². The van der Waals surface area contributed by atoms with Gasteiger partial charge in [-0.05, 0) is 30.7 Å². The van der Waals surface area contributed by atoms with Crippen LogP contribution in [0.3, 0.4) is 0 Å². The van der Waals surface area contributed by atoms with Crippen molar-refractivity contribution in [2.75, 3.05) is 25.5 Å². The van der Waals surface area contributed by atoms with Crippen LogP contribution < -0.4 is 10.6 Å². The summed E-state index contributed by atoms with van der Waals surface area (Å²) in [5.74, 6) is -0.0628. The fourth-order valence-electron chi connectivity index (χ4n) is 1.52. The van der Waals surface area contributed by atoms with Crippen molar-refractivity contribution < 1.29 is 14.3 Å². The van der Waals surface area contributed by atoms with E-state index < -0.39 is 5.97 Å². The van der Waals surface area contributed by atoms with Gasteiger partial charge in [0, 0.05) is 5.69 Å². The van der Waals surface area contributed by atoms with Crippen LogP contribution in [0.25, 0.3) is 0 Å². The SMILES string of the molecule is COC(=O)c1cccc(NC(=O)CNCC(C)C)c1. The Balaban J connectivity index is 2.52. The Morgan fingerprint density at radius 3 is 2.68 bits per heavy atom. The summed E-state index contributed by atoms with van der Waals surface area (Å²) in [6.45, 7) is 5.19. The van der Waals surface area contributed by atoms with Crippen LogP contribution in [0.4, 0.5) is 5.69 Å². The Morgan fingerprint density at radius 1 is 1.32 bits per heavy atom. The van der Waals surface area contributed by atoms with Crippen LogP contribution in [0, 0.1) is 5.92 Å². The highest BCUT2D eigenvalue weighted by Gasteiger charge is 2.07. The minimum Gasteiger partial charge on any atom is -0.465 e. The van der Waals surface area contributed by atoms with Gasteiger partial charge >= 0.3 is 5.97 Å². The molecule has 19 heavy (non-hydrogen) atoms. The number of ether oxygens (including phenoxy) is 1. The van der Waals surface area contributed by atoms with E-state index in [1.165, 1.54) is 7.11 Å². The second-order valence-corrected chi connectivity index (χ2v) is 4.65. The molecule has 0 radical (unpaired) electrons. The Morgan fingerprint density at radius 2 is 2.05 bits per heavy atom. The third kappa shape index (κ3) is 5.52. The molecule has 0 heterocycles. The van der Waals surface area contributed by atoms with Crippen molar-refractivity contribution in [3.8, 4) is 0 Å². The van der Waals surface area contributed by atoms with Crippen molar-refractivity contribution in [2.45, 2.75) is 13.8 Å². The number of carbonyl (C=O) groups excluding carboxylic acids is 2. The fraction of sp³-hybridized carbons (Fsp3) is 0.429. The molecular formula is C14H20N2O3. The second kappa shape index (κ2) is 7.53. The Kier molecular flexibility index (Phi) is 6.02. The number of hydrogen-bond acceptors (Lipinski definition) is 4. The molecule has 0 bridgehead atoms. The van der Waals surface area contributed by atoms with Gasteiger partial charge < -0.3 is 15.4 Å². The van der Waals surface area contributed by atoms with Crippen LogP contribution in [-0.2, 0) is 9.53 Å². The summed E-state index contributed by atoms with van der Waals surface area (Å²) in [5.41, 5.74) is 0.995. The lowest BCUT2D eigenvalue weighted by molar-refractivity contribution is -0.115. The van der Waals surface area contributed by atoms with Crippen molar-refractivity contribution in [3.63, 3.8) is 0 Å². The zero-order valence-corrected chi connectivity index (χ0v) is 11.5. The van der Waals surface area contributed by atoms with E-state index in [9.17, 15) is 9.59 Å². The molecule has 1 amide bonds. The molecule has 0 unspecified atom stereocenters. The molecule has 1 aromatic carbocycles. The summed E-state index contributed by atoms with van der Waals surface area (Å²) < 4.78 is 4.62. The number of methoxy groups -OCH3 is 1. The highest BCUT2D eigenvalue weighted by Crippen LogP contribution is 2.11. The first-order chi connectivity index (χ1) is 9.02. The molecule has 2 N–H and O–H groups in total. The number of rotatable bonds is 6. The Labute approximate surface area is 113 Å². The average molecular weight is 264 g/mol. The number of nitrogens with one attached hydrogen (secondary N) is 2. The number of benzene rings is 1. The summed E-state index contributed by atoms with van der Waals surface area (Å²) in [5, 5.41) is 5.78. The van der Waals surface area contributed by atoms with Crippen molar-refractivity contribution in [2.24, 2.45) is 5.92 Å². The van der Waals surface area contributed by atoms with Crippen LogP contribution in [0.2, 0.25) is 0 Å². The van der Waals surface area contributed by atoms with E-state index in [2.05, 4.69) is 29.2 Å². The second-order valence-electron chi connectivity index (χ2n) is 4.65. The highest BCUT2D eigenvalue weighted by molar-refractivity contribution is 5.95. The van der Waals surface area contributed by atoms with E-state index >= 15 is 0 Å². The van der Waals surface area contributed by atoms with Crippen molar-refractivity contribution >= 4 is 17.6 Å². The van der Waals surface area contributed by atoms with E-state index in [1.807, 2.05) is 0 Å². The van der Waals surface area contributed by atoms with Gasteiger partial charge in [-0.2, -0.15) is 0 Å². The molecule has 1 rings (SSSR count). The predicted octanol–water partition coefficient (Wildman–Crippen LogP) is 1.66. The number of esters is 1. The molecule has 0 aromatic heterocycles.